The first kappa shape index (κ1) is 15.2. The monoisotopic (exact) mass is 377 g/mol. The second-order valence-corrected chi connectivity index (χ2v) is 7.72. The molecule has 0 spiro atoms. The minimum Gasteiger partial charge on any atom is -0.299 e. The molecule has 0 saturated heterocycles. The molecule has 0 fully saturated rings. The molecule has 0 aromatic heterocycles. The molecule has 2 heteroatoms. The molecule has 2 rings (SSSR count). The van der Waals surface area contributed by atoms with Crippen LogP contribution in [0.15, 0.2) is 41.4 Å². The summed E-state index contributed by atoms with van der Waals surface area (Å²) in [5.74, 6) is 0. The smallest absolute Gasteiger partial charge is 0.0722 e. The molecule has 0 saturated carbocycles. The van der Waals surface area contributed by atoms with Crippen LogP contribution in [0.2, 0.25) is 0 Å². The van der Waals surface area contributed by atoms with Gasteiger partial charge in [0.1, 0.15) is 0 Å². The summed E-state index contributed by atoms with van der Waals surface area (Å²) in [4.78, 5) is 4.13. The third-order valence-electron chi connectivity index (χ3n) is 3.39. The van der Waals surface area contributed by atoms with Gasteiger partial charge in [0.2, 0.25) is 0 Å². The molecule has 1 unspecified atom stereocenters. The van der Waals surface area contributed by atoms with Crippen molar-refractivity contribution in [3.8, 4) is 0 Å². The molecule has 0 aliphatic carbocycles. The summed E-state index contributed by atoms with van der Waals surface area (Å²) < 4.78 is -0.0507. The fourth-order valence-electron chi connectivity index (χ4n) is 2.33. The van der Waals surface area contributed by atoms with E-state index in [1.54, 1.807) is 0 Å². The molecule has 20 heavy (non-hydrogen) atoms. The van der Waals surface area contributed by atoms with Crippen molar-refractivity contribution in [1.82, 2.24) is 0 Å². The number of benzene rings is 2. The van der Waals surface area contributed by atoms with Crippen LogP contribution in [0.4, 0.5) is 0 Å². The molecule has 2 aromatic carbocycles. The van der Waals surface area contributed by atoms with Crippen molar-refractivity contribution >= 4 is 45.7 Å². The summed E-state index contributed by atoms with van der Waals surface area (Å²) in [6.07, 6.45) is 6.41. The lowest BCUT2D eigenvalue weighted by molar-refractivity contribution is 1.14. The molecule has 0 aliphatic heterocycles. The third-order valence-corrected chi connectivity index (χ3v) is 4.03. The van der Waals surface area contributed by atoms with Crippen LogP contribution in [-0.2, 0) is 0 Å². The maximum atomic E-state index is 4.13. The molecule has 0 bridgehead atoms. The molecule has 0 aliphatic rings. The topological polar surface area (TPSA) is 12.4 Å². The first-order chi connectivity index (χ1) is 9.43. The van der Waals surface area contributed by atoms with Gasteiger partial charge in [0.25, 0.3) is 0 Å². The van der Waals surface area contributed by atoms with Crippen molar-refractivity contribution in [2.24, 2.45) is 4.99 Å². The number of hydrogen-bond donors (Lipinski definition) is 0. The third kappa shape index (κ3) is 3.48. The summed E-state index contributed by atoms with van der Waals surface area (Å²) in [6, 6.07) is 11.0. The number of hydrogen-bond acceptors (Lipinski definition) is 1. The molecule has 0 amide bonds. The fourth-order valence-corrected chi connectivity index (χ4v) is 2.79. The van der Waals surface area contributed by atoms with Gasteiger partial charge in [-0.15, -0.1) is 0 Å². The Kier molecular flexibility index (Phi) is 4.63. The number of alkyl halides is 1. The van der Waals surface area contributed by atoms with E-state index in [0.717, 1.165) is 0 Å². The minimum absolute atomic E-state index is 0.0507. The first-order valence-electron chi connectivity index (χ1n) is 6.74. The SMILES string of the molecule is CN=CC(C)(I)/C=C\c1c(C)ccc2ccc(C)cc12. The summed E-state index contributed by atoms with van der Waals surface area (Å²) in [5, 5.41) is 2.61. The number of aliphatic imine (C=N–C) groups is 1. The van der Waals surface area contributed by atoms with Crippen molar-refractivity contribution in [2.45, 2.75) is 24.2 Å². The number of nitrogens with zero attached hydrogens (tertiary/aromatic N) is 1. The minimum atomic E-state index is -0.0507. The highest BCUT2D eigenvalue weighted by molar-refractivity contribution is 14.1. The fraction of sp³-hybridized carbons (Fsp3) is 0.278. The Hall–Kier alpha value is -1.16. The maximum Gasteiger partial charge on any atom is 0.0722 e. The molecule has 1 nitrogen and oxygen atoms in total. The van der Waals surface area contributed by atoms with E-state index in [4.69, 9.17) is 0 Å². The number of aryl methyl sites for hydroxylation is 2. The number of halogens is 1. The Bertz CT molecular complexity index is 676. The predicted octanol–water partition coefficient (Wildman–Crippen LogP) is 5.36. The van der Waals surface area contributed by atoms with Gasteiger partial charge in [-0.05, 0) is 42.7 Å². The van der Waals surface area contributed by atoms with Crippen LogP contribution in [0.1, 0.15) is 23.6 Å². The molecule has 104 valence electrons. The van der Waals surface area contributed by atoms with Crippen molar-refractivity contribution in [2.75, 3.05) is 7.05 Å². The van der Waals surface area contributed by atoms with Crippen LogP contribution in [0.5, 0.6) is 0 Å². The largest absolute Gasteiger partial charge is 0.299 e. The first-order valence-corrected chi connectivity index (χ1v) is 7.82. The van der Waals surface area contributed by atoms with E-state index in [0.29, 0.717) is 0 Å². The normalized spacial score (nSPS) is 15.2. The average molecular weight is 377 g/mol. The zero-order chi connectivity index (χ0) is 14.8. The zero-order valence-electron chi connectivity index (χ0n) is 12.4. The molecule has 1 atom stereocenters. The Morgan fingerprint density at radius 3 is 2.55 bits per heavy atom. The van der Waals surface area contributed by atoms with E-state index in [-0.39, 0.29) is 3.42 Å². The van der Waals surface area contributed by atoms with E-state index in [9.17, 15) is 0 Å². The standard InChI is InChI=1S/C18H20IN/c1-13-5-7-15-8-6-14(2)16(17(15)11-13)9-10-18(3,19)12-20-4/h5-12H,1-4H3/b10-9-,20-12?. The van der Waals surface area contributed by atoms with Crippen LogP contribution in [0.25, 0.3) is 16.8 Å². The highest BCUT2D eigenvalue weighted by Crippen LogP contribution is 2.27. The van der Waals surface area contributed by atoms with Gasteiger partial charge in [0, 0.05) is 13.3 Å². The van der Waals surface area contributed by atoms with Gasteiger partial charge >= 0.3 is 0 Å². The second-order valence-electron chi connectivity index (χ2n) is 5.39. The summed E-state index contributed by atoms with van der Waals surface area (Å²) in [6.45, 7) is 6.46. The van der Waals surface area contributed by atoms with Crippen molar-refractivity contribution in [3.05, 3.63) is 53.1 Å². The quantitative estimate of drug-likeness (QED) is 0.388. The van der Waals surface area contributed by atoms with Gasteiger partial charge in [-0.1, -0.05) is 70.6 Å². The lowest BCUT2D eigenvalue weighted by Gasteiger charge is -2.12. The van der Waals surface area contributed by atoms with Gasteiger partial charge in [-0.25, -0.2) is 0 Å². The van der Waals surface area contributed by atoms with Crippen LogP contribution in [0.3, 0.4) is 0 Å². The van der Waals surface area contributed by atoms with Gasteiger partial charge in [-0.2, -0.15) is 0 Å². The summed E-state index contributed by atoms with van der Waals surface area (Å²) in [7, 11) is 1.82. The molecular weight excluding hydrogens is 357 g/mol. The van der Waals surface area contributed by atoms with Crippen LogP contribution >= 0.6 is 22.6 Å². The van der Waals surface area contributed by atoms with E-state index >= 15 is 0 Å². The summed E-state index contributed by atoms with van der Waals surface area (Å²) in [5.41, 5.74) is 3.91. The van der Waals surface area contributed by atoms with Crippen LogP contribution < -0.4 is 0 Å². The van der Waals surface area contributed by atoms with Crippen LogP contribution in [-0.4, -0.2) is 16.7 Å². The van der Waals surface area contributed by atoms with Gasteiger partial charge in [0.15, 0.2) is 0 Å². The maximum absolute atomic E-state index is 4.13. The van der Waals surface area contributed by atoms with Gasteiger partial charge in [-0.3, -0.25) is 4.99 Å². The van der Waals surface area contributed by atoms with Gasteiger partial charge < -0.3 is 0 Å². The van der Waals surface area contributed by atoms with E-state index in [1.807, 2.05) is 13.3 Å². The van der Waals surface area contributed by atoms with E-state index in [1.165, 1.54) is 27.5 Å². The molecular formula is C18H20IN. The highest BCUT2D eigenvalue weighted by atomic mass is 127. The molecule has 0 radical (unpaired) electrons. The highest BCUT2D eigenvalue weighted by Gasteiger charge is 2.12. The number of rotatable bonds is 3. The molecule has 0 heterocycles. The lowest BCUT2D eigenvalue weighted by Crippen LogP contribution is -2.12. The predicted molar refractivity (Wildman–Crippen MR) is 99.3 cm³/mol. The lowest BCUT2D eigenvalue weighted by atomic mass is 9.97. The molecule has 2 aromatic rings. The average Bonchev–Trinajstić information content (AvgIpc) is 2.37. The Balaban J connectivity index is 2.56. The van der Waals surface area contributed by atoms with Crippen LogP contribution in [0, 0.1) is 13.8 Å². The Labute approximate surface area is 135 Å². The Morgan fingerprint density at radius 2 is 1.85 bits per heavy atom. The summed E-state index contributed by atoms with van der Waals surface area (Å²) >= 11 is 2.41. The Morgan fingerprint density at radius 1 is 1.15 bits per heavy atom. The van der Waals surface area contributed by atoms with Gasteiger partial charge in [0.05, 0.1) is 3.42 Å². The van der Waals surface area contributed by atoms with Crippen molar-refractivity contribution < 1.29 is 0 Å². The van der Waals surface area contributed by atoms with E-state index in [2.05, 4.69) is 90.8 Å². The number of fused-ring (bicyclic) bond motifs is 1. The van der Waals surface area contributed by atoms with Crippen molar-refractivity contribution in [1.29, 1.82) is 0 Å². The molecule has 0 N–H and O–H groups in total. The zero-order valence-corrected chi connectivity index (χ0v) is 14.6. The number of allylic oxidation sites excluding steroid dienone is 1. The van der Waals surface area contributed by atoms with E-state index < -0.39 is 0 Å². The van der Waals surface area contributed by atoms with Crippen molar-refractivity contribution in [3.63, 3.8) is 0 Å². The second kappa shape index (κ2) is 6.08.